The number of carbonyl (C=O) groups is 2. The van der Waals surface area contributed by atoms with Gasteiger partial charge in [0.25, 0.3) is 11.8 Å². The molecule has 0 atom stereocenters. The topological polar surface area (TPSA) is 120 Å². The maximum absolute atomic E-state index is 13.6. The van der Waals surface area contributed by atoms with Gasteiger partial charge in [-0.05, 0) is 67.1 Å². The number of aryl methyl sites for hydroxylation is 1. The first kappa shape index (κ1) is 27.0. The Morgan fingerprint density at radius 2 is 1.82 bits per heavy atom. The molecule has 13 heteroatoms. The highest BCUT2D eigenvalue weighted by Gasteiger charge is 2.23. The molecule has 0 fully saturated rings. The van der Waals surface area contributed by atoms with E-state index in [0.29, 0.717) is 33.2 Å². The second-order valence-electron chi connectivity index (χ2n) is 8.73. The smallest absolute Gasteiger partial charge is 0.274 e. The van der Waals surface area contributed by atoms with Gasteiger partial charge in [0.2, 0.25) is 0 Å². The average molecular weight is 579 g/mol. The van der Waals surface area contributed by atoms with Gasteiger partial charge < -0.3 is 10.6 Å². The number of benzene rings is 2. The normalized spacial score (nSPS) is 10.9. The van der Waals surface area contributed by atoms with Crippen LogP contribution in [0.5, 0.6) is 0 Å². The van der Waals surface area contributed by atoms with E-state index in [0.717, 1.165) is 0 Å². The van der Waals surface area contributed by atoms with E-state index in [4.69, 9.17) is 23.2 Å². The molecular weight excluding hydrogens is 558 g/mol. The summed E-state index contributed by atoms with van der Waals surface area (Å²) in [5.74, 6) is -1.07. The Balaban J connectivity index is 1.51. The Labute approximate surface area is 237 Å². The van der Waals surface area contributed by atoms with Crippen molar-refractivity contribution in [3.8, 4) is 17.1 Å². The SMILES string of the molecule is CNC(=O)c1cc(Cl)cc(C)c1NC(=O)c1cc(Cn2cc(-c3ccc(F)cc3)nn2)nn1-c1ncccc1Cl. The molecule has 0 aliphatic carbocycles. The summed E-state index contributed by atoms with van der Waals surface area (Å²) in [6.07, 6.45) is 3.22. The second-order valence-corrected chi connectivity index (χ2v) is 9.57. The number of amides is 2. The molecular formula is C27H21Cl2FN8O2. The van der Waals surface area contributed by atoms with Gasteiger partial charge in [0.05, 0.1) is 34.7 Å². The Morgan fingerprint density at radius 1 is 1.05 bits per heavy atom. The van der Waals surface area contributed by atoms with Crippen LogP contribution >= 0.6 is 23.2 Å². The number of anilines is 1. The summed E-state index contributed by atoms with van der Waals surface area (Å²) < 4.78 is 16.2. The van der Waals surface area contributed by atoms with E-state index < -0.39 is 11.8 Å². The van der Waals surface area contributed by atoms with Crippen LogP contribution in [-0.2, 0) is 6.54 Å². The lowest BCUT2D eigenvalue weighted by Crippen LogP contribution is -2.23. The van der Waals surface area contributed by atoms with Crippen molar-refractivity contribution in [3.63, 3.8) is 0 Å². The predicted octanol–water partition coefficient (Wildman–Crippen LogP) is 4.94. The Bertz CT molecular complexity index is 1730. The Kier molecular flexibility index (Phi) is 7.58. The molecule has 0 unspecified atom stereocenters. The van der Waals surface area contributed by atoms with Crippen molar-refractivity contribution in [2.45, 2.75) is 13.5 Å². The molecule has 202 valence electrons. The number of nitrogens with zero attached hydrogens (tertiary/aromatic N) is 6. The molecule has 0 bridgehead atoms. The molecule has 5 rings (SSSR count). The van der Waals surface area contributed by atoms with Crippen molar-refractivity contribution in [1.82, 2.24) is 35.1 Å². The van der Waals surface area contributed by atoms with E-state index in [1.54, 1.807) is 54.2 Å². The summed E-state index contributed by atoms with van der Waals surface area (Å²) in [6, 6.07) is 13.9. The van der Waals surface area contributed by atoms with Gasteiger partial charge in [-0.15, -0.1) is 5.10 Å². The van der Waals surface area contributed by atoms with E-state index in [-0.39, 0.29) is 34.5 Å². The molecule has 40 heavy (non-hydrogen) atoms. The lowest BCUT2D eigenvalue weighted by atomic mass is 10.1. The molecule has 2 amide bonds. The summed E-state index contributed by atoms with van der Waals surface area (Å²) in [5.41, 5.74) is 2.93. The first-order valence-electron chi connectivity index (χ1n) is 11.9. The van der Waals surface area contributed by atoms with Gasteiger partial charge in [0.15, 0.2) is 5.82 Å². The van der Waals surface area contributed by atoms with Crippen LogP contribution in [0.3, 0.4) is 0 Å². The molecule has 3 aromatic heterocycles. The monoisotopic (exact) mass is 578 g/mol. The maximum Gasteiger partial charge on any atom is 0.274 e. The van der Waals surface area contributed by atoms with Gasteiger partial charge in [-0.25, -0.2) is 18.7 Å². The second kappa shape index (κ2) is 11.2. The minimum Gasteiger partial charge on any atom is -0.355 e. The zero-order valence-electron chi connectivity index (χ0n) is 21.2. The molecule has 2 aromatic carbocycles. The molecule has 5 aromatic rings. The van der Waals surface area contributed by atoms with Crippen LogP contribution < -0.4 is 10.6 Å². The number of hydrogen-bond donors (Lipinski definition) is 2. The first-order valence-corrected chi connectivity index (χ1v) is 12.7. The number of nitrogens with one attached hydrogen (secondary N) is 2. The largest absolute Gasteiger partial charge is 0.355 e. The lowest BCUT2D eigenvalue weighted by molar-refractivity contribution is 0.0964. The minimum absolute atomic E-state index is 0.117. The highest BCUT2D eigenvalue weighted by Crippen LogP contribution is 2.27. The molecule has 0 saturated heterocycles. The Hall–Kier alpha value is -4.61. The number of aromatic nitrogens is 6. The zero-order chi connectivity index (χ0) is 28.4. The molecule has 0 radical (unpaired) electrons. The van der Waals surface area contributed by atoms with Crippen molar-refractivity contribution < 1.29 is 14.0 Å². The Morgan fingerprint density at radius 3 is 2.55 bits per heavy atom. The molecule has 2 N–H and O–H groups in total. The molecule has 0 aliphatic rings. The van der Waals surface area contributed by atoms with E-state index in [1.165, 1.54) is 36.1 Å². The predicted molar refractivity (Wildman–Crippen MR) is 148 cm³/mol. The van der Waals surface area contributed by atoms with Crippen molar-refractivity contribution in [1.29, 1.82) is 0 Å². The highest BCUT2D eigenvalue weighted by molar-refractivity contribution is 6.32. The minimum atomic E-state index is -0.554. The van der Waals surface area contributed by atoms with Crippen LogP contribution in [0.25, 0.3) is 17.1 Å². The van der Waals surface area contributed by atoms with Crippen molar-refractivity contribution in [2.24, 2.45) is 0 Å². The summed E-state index contributed by atoms with van der Waals surface area (Å²) in [4.78, 5) is 30.4. The van der Waals surface area contributed by atoms with Crippen LogP contribution in [0.4, 0.5) is 10.1 Å². The molecule has 0 spiro atoms. The molecule has 3 heterocycles. The van der Waals surface area contributed by atoms with Crippen LogP contribution in [0.1, 0.15) is 32.1 Å². The number of rotatable bonds is 7. The fraction of sp³-hybridized carbons (Fsp3) is 0.111. The number of halogens is 3. The quantitative estimate of drug-likeness (QED) is 0.282. The molecule has 0 aliphatic heterocycles. The molecule has 10 nitrogen and oxygen atoms in total. The summed E-state index contributed by atoms with van der Waals surface area (Å²) in [6.45, 7) is 1.89. The number of hydrogen-bond acceptors (Lipinski definition) is 6. The maximum atomic E-state index is 13.6. The summed E-state index contributed by atoms with van der Waals surface area (Å²) in [5, 5.41) is 18.9. The molecule has 0 saturated carbocycles. The van der Waals surface area contributed by atoms with Crippen LogP contribution in [0, 0.1) is 12.7 Å². The van der Waals surface area contributed by atoms with Gasteiger partial charge in [-0.1, -0.05) is 28.4 Å². The van der Waals surface area contributed by atoms with Gasteiger partial charge in [-0.3, -0.25) is 9.59 Å². The summed E-state index contributed by atoms with van der Waals surface area (Å²) >= 11 is 12.6. The third-order valence-corrected chi connectivity index (χ3v) is 6.46. The van der Waals surface area contributed by atoms with Crippen LogP contribution in [0.15, 0.2) is 67.0 Å². The van der Waals surface area contributed by atoms with Gasteiger partial charge in [-0.2, -0.15) is 5.10 Å². The van der Waals surface area contributed by atoms with Gasteiger partial charge in [0.1, 0.15) is 17.2 Å². The van der Waals surface area contributed by atoms with Crippen LogP contribution in [0.2, 0.25) is 10.0 Å². The van der Waals surface area contributed by atoms with Crippen molar-refractivity contribution >= 4 is 40.7 Å². The summed E-state index contributed by atoms with van der Waals surface area (Å²) in [7, 11) is 1.49. The number of pyridine rings is 1. The van der Waals surface area contributed by atoms with Crippen LogP contribution in [-0.4, -0.2) is 48.6 Å². The number of carbonyl (C=O) groups excluding carboxylic acids is 2. The first-order chi connectivity index (χ1) is 19.2. The zero-order valence-corrected chi connectivity index (χ0v) is 22.7. The van der Waals surface area contributed by atoms with E-state index in [2.05, 4.69) is 31.0 Å². The standard InChI is InChI=1S/C27H21Cl2FN8O2/c1-15-10-17(28)11-20(26(39)31-2)24(15)33-27(40)23-12-19(35-38(23)25-21(29)4-3-9-32-25)13-37-14-22(34-36-37)16-5-7-18(30)8-6-16/h3-12,14H,13H2,1-2H3,(H,31,39)(H,33,40). The highest BCUT2D eigenvalue weighted by atomic mass is 35.5. The third-order valence-electron chi connectivity index (χ3n) is 5.95. The van der Waals surface area contributed by atoms with E-state index in [1.807, 2.05) is 0 Å². The van der Waals surface area contributed by atoms with E-state index >= 15 is 0 Å². The third kappa shape index (κ3) is 5.56. The van der Waals surface area contributed by atoms with Gasteiger partial charge in [0, 0.05) is 23.8 Å². The van der Waals surface area contributed by atoms with E-state index in [9.17, 15) is 14.0 Å². The fourth-order valence-electron chi connectivity index (χ4n) is 4.06. The average Bonchev–Trinajstić information content (AvgIpc) is 3.58. The van der Waals surface area contributed by atoms with Crippen molar-refractivity contribution in [2.75, 3.05) is 12.4 Å². The van der Waals surface area contributed by atoms with Gasteiger partial charge >= 0.3 is 0 Å². The van der Waals surface area contributed by atoms with Crippen molar-refractivity contribution in [3.05, 3.63) is 105 Å². The fourth-order valence-corrected chi connectivity index (χ4v) is 4.53. The lowest BCUT2D eigenvalue weighted by Gasteiger charge is -2.14.